The van der Waals surface area contributed by atoms with Crippen LogP contribution in [-0.4, -0.2) is 17.0 Å². The summed E-state index contributed by atoms with van der Waals surface area (Å²) in [5.74, 6) is 1.18. The molecule has 1 aromatic carbocycles. The normalized spacial score (nSPS) is 23.2. The average Bonchev–Trinajstić information content (AvgIpc) is 2.39. The first-order chi connectivity index (χ1) is 8.83. The highest BCUT2D eigenvalue weighted by molar-refractivity contribution is 8.14. The lowest BCUT2D eigenvalue weighted by Gasteiger charge is -2.22. The van der Waals surface area contributed by atoms with Gasteiger partial charge in [0, 0.05) is 11.4 Å². The van der Waals surface area contributed by atoms with Gasteiger partial charge in [0.2, 0.25) is 0 Å². The van der Waals surface area contributed by atoms with Crippen LogP contribution in [-0.2, 0) is 12.8 Å². The molecule has 1 aromatic rings. The molecule has 1 atom stereocenters. The molecule has 18 heavy (non-hydrogen) atoms. The number of hydrogen-bond donors (Lipinski definition) is 1. The van der Waals surface area contributed by atoms with E-state index in [2.05, 4.69) is 30.4 Å². The number of fused-ring (bicyclic) bond motifs is 1. The fourth-order valence-electron chi connectivity index (χ4n) is 2.71. The molecule has 0 saturated carbocycles. The summed E-state index contributed by atoms with van der Waals surface area (Å²) in [6.07, 6.45) is 6.31. The number of aliphatic imine (C=N–C) groups is 1. The topological polar surface area (TPSA) is 24.4 Å². The molecule has 0 spiro atoms. The molecule has 0 amide bonds. The predicted molar refractivity (Wildman–Crippen MR) is 80.7 cm³/mol. The van der Waals surface area contributed by atoms with Gasteiger partial charge in [0.05, 0.1) is 6.04 Å². The Morgan fingerprint density at radius 2 is 2.17 bits per heavy atom. The van der Waals surface area contributed by atoms with Gasteiger partial charge in [-0.1, -0.05) is 23.9 Å². The molecule has 0 bridgehead atoms. The van der Waals surface area contributed by atoms with E-state index >= 15 is 0 Å². The summed E-state index contributed by atoms with van der Waals surface area (Å²) in [7, 11) is 0. The maximum absolute atomic E-state index is 4.69. The molecule has 0 radical (unpaired) electrons. The minimum Gasteiger partial charge on any atom is -0.335 e. The van der Waals surface area contributed by atoms with Crippen LogP contribution in [0, 0.1) is 0 Å². The van der Waals surface area contributed by atoms with Gasteiger partial charge in [-0.2, -0.15) is 0 Å². The van der Waals surface area contributed by atoms with E-state index in [4.69, 9.17) is 4.99 Å². The van der Waals surface area contributed by atoms with E-state index in [0.717, 1.165) is 5.17 Å². The van der Waals surface area contributed by atoms with Crippen LogP contribution in [0.3, 0.4) is 0 Å². The SMILES string of the molecule is CC1CCSC(Nc2cccc3c2CCCC3)=N1. The first-order valence-electron chi connectivity index (χ1n) is 6.91. The Kier molecular flexibility index (Phi) is 3.59. The van der Waals surface area contributed by atoms with Crippen LogP contribution in [0.25, 0.3) is 0 Å². The second kappa shape index (κ2) is 5.35. The molecule has 2 aliphatic rings. The number of anilines is 1. The van der Waals surface area contributed by atoms with E-state index in [1.54, 1.807) is 0 Å². The number of nitrogens with one attached hydrogen (secondary N) is 1. The van der Waals surface area contributed by atoms with Crippen molar-refractivity contribution < 1.29 is 0 Å². The molecule has 1 unspecified atom stereocenters. The second-order valence-corrected chi connectivity index (χ2v) is 6.28. The lowest BCUT2D eigenvalue weighted by atomic mass is 9.90. The van der Waals surface area contributed by atoms with E-state index in [1.807, 2.05) is 11.8 Å². The van der Waals surface area contributed by atoms with E-state index in [-0.39, 0.29) is 0 Å². The lowest BCUT2D eigenvalue weighted by molar-refractivity contribution is 0.687. The predicted octanol–water partition coefficient (Wildman–Crippen LogP) is 3.86. The number of thioether (sulfide) groups is 1. The van der Waals surface area contributed by atoms with E-state index in [1.165, 1.54) is 54.7 Å². The van der Waals surface area contributed by atoms with Gasteiger partial charge in [-0.3, -0.25) is 4.99 Å². The summed E-state index contributed by atoms with van der Waals surface area (Å²) in [6, 6.07) is 7.11. The Labute approximate surface area is 113 Å². The summed E-state index contributed by atoms with van der Waals surface area (Å²) in [4.78, 5) is 4.69. The van der Waals surface area contributed by atoms with Crippen LogP contribution >= 0.6 is 11.8 Å². The molecule has 3 rings (SSSR count). The van der Waals surface area contributed by atoms with Gasteiger partial charge in [0.25, 0.3) is 0 Å². The summed E-state index contributed by atoms with van der Waals surface area (Å²) >= 11 is 1.85. The fourth-order valence-corrected chi connectivity index (χ4v) is 3.80. The number of rotatable bonds is 1. The fraction of sp³-hybridized carbons (Fsp3) is 0.533. The molecule has 3 heteroatoms. The Bertz CT molecular complexity index is 468. The Morgan fingerprint density at radius 1 is 1.28 bits per heavy atom. The van der Waals surface area contributed by atoms with Gasteiger partial charge in [-0.05, 0) is 56.2 Å². The van der Waals surface area contributed by atoms with Crippen LogP contribution in [0.15, 0.2) is 23.2 Å². The van der Waals surface area contributed by atoms with Crippen LogP contribution in [0.4, 0.5) is 5.69 Å². The highest BCUT2D eigenvalue weighted by Crippen LogP contribution is 2.29. The molecule has 0 saturated heterocycles. The molecule has 2 nitrogen and oxygen atoms in total. The molecule has 1 aliphatic carbocycles. The zero-order valence-corrected chi connectivity index (χ0v) is 11.7. The molecule has 0 fully saturated rings. The highest BCUT2D eigenvalue weighted by Gasteiger charge is 2.16. The van der Waals surface area contributed by atoms with Gasteiger partial charge in [0.15, 0.2) is 5.17 Å². The Balaban J connectivity index is 1.84. The quantitative estimate of drug-likeness (QED) is 0.829. The average molecular weight is 260 g/mol. The molecule has 1 heterocycles. The molecular formula is C15H20N2S. The van der Waals surface area contributed by atoms with Crippen LogP contribution in [0.5, 0.6) is 0 Å². The smallest absolute Gasteiger partial charge is 0.161 e. The van der Waals surface area contributed by atoms with Crippen molar-refractivity contribution in [1.29, 1.82) is 0 Å². The van der Waals surface area contributed by atoms with Gasteiger partial charge >= 0.3 is 0 Å². The number of nitrogens with zero attached hydrogens (tertiary/aromatic N) is 1. The Morgan fingerprint density at radius 3 is 3.06 bits per heavy atom. The van der Waals surface area contributed by atoms with Crippen molar-refractivity contribution in [1.82, 2.24) is 0 Å². The third-order valence-corrected chi connectivity index (χ3v) is 4.67. The maximum Gasteiger partial charge on any atom is 0.161 e. The standard InChI is InChI=1S/C15H20N2S/c1-11-9-10-18-15(16-11)17-14-8-4-6-12-5-2-3-7-13(12)14/h4,6,8,11H,2-3,5,7,9-10H2,1H3,(H,16,17). The maximum atomic E-state index is 4.69. The van der Waals surface area contributed by atoms with Crippen molar-refractivity contribution in [3.05, 3.63) is 29.3 Å². The molecule has 1 N–H and O–H groups in total. The largest absolute Gasteiger partial charge is 0.335 e. The second-order valence-electron chi connectivity index (χ2n) is 5.20. The molecule has 0 aromatic heterocycles. The minimum absolute atomic E-state index is 0.466. The van der Waals surface area contributed by atoms with E-state index in [0.29, 0.717) is 6.04 Å². The monoisotopic (exact) mass is 260 g/mol. The molecule has 96 valence electrons. The first kappa shape index (κ1) is 12.1. The molecule has 1 aliphatic heterocycles. The van der Waals surface area contributed by atoms with Crippen LogP contribution in [0.1, 0.15) is 37.3 Å². The number of hydrogen-bond acceptors (Lipinski definition) is 3. The third-order valence-electron chi connectivity index (χ3n) is 3.75. The summed E-state index contributed by atoms with van der Waals surface area (Å²) in [5.41, 5.74) is 4.33. The zero-order valence-electron chi connectivity index (χ0n) is 10.9. The van der Waals surface area contributed by atoms with Crippen molar-refractivity contribution in [2.75, 3.05) is 11.1 Å². The number of aryl methyl sites for hydroxylation is 1. The van der Waals surface area contributed by atoms with Crippen molar-refractivity contribution in [2.45, 2.75) is 45.1 Å². The van der Waals surface area contributed by atoms with Crippen LogP contribution < -0.4 is 5.32 Å². The van der Waals surface area contributed by atoms with E-state index < -0.39 is 0 Å². The summed E-state index contributed by atoms with van der Waals surface area (Å²) in [6.45, 7) is 2.20. The Hall–Kier alpha value is -0.960. The van der Waals surface area contributed by atoms with Crippen molar-refractivity contribution in [3.8, 4) is 0 Å². The first-order valence-corrected chi connectivity index (χ1v) is 7.90. The van der Waals surface area contributed by atoms with Crippen molar-refractivity contribution in [3.63, 3.8) is 0 Å². The van der Waals surface area contributed by atoms with Gasteiger partial charge < -0.3 is 5.32 Å². The minimum atomic E-state index is 0.466. The van der Waals surface area contributed by atoms with Crippen LogP contribution in [0.2, 0.25) is 0 Å². The van der Waals surface area contributed by atoms with E-state index in [9.17, 15) is 0 Å². The third kappa shape index (κ3) is 2.56. The lowest BCUT2D eigenvalue weighted by Crippen LogP contribution is -2.19. The zero-order chi connectivity index (χ0) is 12.4. The van der Waals surface area contributed by atoms with Gasteiger partial charge in [0.1, 0.15) is 0 Å². The highest BCUT2D eigenvalue weighted by atomic mass is 32.2. The van der Waals surface area contributed by atoms with Crippen molar-refractivity contribution in [2.24, 2.45) is 4.99 Å². The molecular weight excluding hydrogens is 240 g/mol. The van der Waals surface area contributed by atoms with Gasteiger partial charge in [-0.25, -0.2) is 0 Å². The van der Waals surface area contributed by atoms with Crippen molar-refractivity contribution >= 4 is 22.6 Å². The number of amidine groups is 1. The number of benzene rings is 1. The summed E-state index contributed by atoms with van der Waals surface area (Å²) < 4.78 is 0. The van der Waals surface area contributed by atoms with Gasteiger partial charge in [-0.15, -0.1) is 0 Å². The summed E-state index contributed by atoms with van der Waals surface area (Å²) in [5, 5.41) is 4.66.